The molecule has 2 amide bonds. The summed E-state index contributed by atoms with van der Waals surface area (Å²) in [5.41, 5.74) is -0.154. The number of anilines is 1. The normalized spacial score (nSPS) is 10.2. The summed E-state index contributed by atoms with van der Waals surface area (Å²) in [6, 6.07) is 4.19. The van der Waals surface area contributed by atoms with Crippen LogP contribution in [0.5, 0.6) is 5.75 Å². The first kappa shape index (κ1) is 17.3. The molecule has 0 saturated carbocycles. The van der Waals surface area contributed by atoms with E-state index in [4.69, 9.17) is 0 Å². The van der Waals surface area contributed by atoms with Gasteiger partial charge in [-0.15, -0.1) is 0 Å². The lowest BCUT2D eigenvalue weighted by molar-refractivity contribution is -0.380. The molecule has 1 heterocycles. The van der Waals surface area contributed by atoms with Crippen molar-refractivity contribution in [2.45, 2.75) is 13.3 Å². The molecule has 3 N–H and O–H groups in total. The van der Waals surface area contributed by atoms with Gasteiger partial charge in [0.2, 0.25) is 0 Å². The molecule has 2 aromatic rings. The van der Waals surface area contributed by atoms with Gasteiger partial charge in [-0.2, -0.15) is 0 Å². The van der Waals surface area contributed by atoms with Crippen LogP contribution in [0.3, 0.4) is 0 Å². The molecule has 126 valence electrons. The highest BCUT2D eigenvalue weighted by atomic mass is 32.1. The van der Waals surface area contributed by atoms with Gasteiger partial charge in [0, 0.05) is 6.54 Å². The molecule has 0 aliphatic carbocycles. The number of nitrogens with zero attached hydrogens (tertiary/aromatic N) is 2. The lowest BCUT2D eigenvalue weighted by atomic mass is 10.1. The van der Waals surface area contributed by atoms with E-state index in [1.165, 1.54) is 18.2 Å². The number of phenolic OH excluding ortho intramolecular Hbond substituents is 1. The van der Waals surface area contributed by atoms with Crippen molar-refractivity contribution in [2.75, 3.05) is 11.9 Å². The fraction of sp³-hybridized carbons (Fsp3) is 0.214. The third-order valence-corrected chi connectivity index (χ3v) is 3.82. The molecule has 0 fully saturated rings. The highest BCUT2D eigenvalue weighted by Crippen LogP contribution is 2.27. The van der Waals surface area contributed by atoms with E-state index in [0.29, 0.717) is 17.9 Å². The quantitative estimate of drug-likeness (QED) is 0.540. The van der Waals surface area contributed by atoms with Crippen LogP contribution in [-0.4, -0.2) is 33.4 Å². The highest BCUT2D eigenvalue weighted by molar-refractivity contribution is 7.18. The molecular weight excluding hydrogens is 336 g/mol. The Morgan fingerprint density at radius 2 is 2.00 bits per heavy atom. The molecule has 0 atom stereocenters. The van der Waals surface area contributed by atoms with Gasteiger partial charge in [-0.1, -0.05) is 13.0 Å². The summed E-state index contributed by atoms with van der Waals surface area (Å²) in [5.74, 6) is -1.68. The van der Waals surface area contributed by atoms with Crippen LogP contribution in [0.1, 0.15) is 34.1 Å². The van der Waals surface area contributed by atoms with Gasteiger partial charge in [-0.05, 0) is 29.9 Å². The third kappa shape index (κ3) is 3.84. The Morgan fingerprint density at radius 3 is 2.58 bits per heavy atom. The number of nitrogens with one attached hydrogen (secondary N) is 2. The van der Waals surface area contributed by atoms with Gasteiger partial charge >= 0.3 is 5.00 Å². The Labute approximate surface area is 140 Å². The summed E-state index contributed by atoms with van der Waals surface area (Å²) in [4.78, 5) is 37.8. The van der Waals surface area contributed by atoms with Crippen molar-refractivity contribution in [1.82, 2.24) is 10.3 Å². The number of nitro groups is 1. The molecule has 0 aliphatic heterocycles. The summed E-state index contributed by atoms with van der Waals surface area (Å²) in [6.45, 7) is 2.33. The Bertz CT molecular complexity index is 789. The SMILES string of the molecule is CCCNC(=O)c1cccc(C(=O)Nc2ncc([N+](=O)[O-])s2)c1O. The van der Waals surface area contributed by atoms with E-state index in [1.807, 2.05) is 6.92 Å². The number of amides is 2. The van der Waals surface area contributed by atoms with E-state index in [-0.39, 0.29) is 21.3 Å². The molecule has 2 rings (SSSR count). The van der Waals surface area contributed by atoms with Crippen LogP contribution < -0.4 is 10.6 Å². The molecule has 0 aliphatic rings. The minimum atomic E-state index is -0.720. The largest absolute Gasteiger partial charge is 0.506 e. The van der Waals surface area contributed by atoms with Gasteiger partial charge in [-0.25, -0.2) is 4.98 Å². The number of phenols is 1. The average Bonchev–Trinajstić information content (AvgIpc) is 3.01. The molecule has 0 bridgehead atoms. The maximum Gasteiger partial charge on any atom is 0.345 e. The number of aromatic nitrogens is 1. The highest BCUT2D eigenvalue weighted by Gasteiger charge is 2.20. The Hall–Kier alpha value is -3.01. The number of carbonyl (C=O) groups is 2. The number of hydrogen-bond donors (Lipinski definition) is 3. The lowest BCUT2D eigenvalue weighted by Gasteiger charge is -2.09. The molecule has 9 nitrogen and oxygen atoms in total. The first-order valence-corrected chi connectivity index (χ1v) is 7.77. The fourth-order valence-corrected chi connectivity index (χ4v) is 2.44. The van der Waals surface area contributed by atoms with Crippen LogP contribution in [0, 0.1) is 10.1 Å². The second kappa shape index (κ2) is 7.51. The standard InChI is InChI=1S/C14H14N4O5S/c1-2-6-15-12(20)8-4-3-5-9(11(8)19)13(21)17-14-16-7-10(24-14)18(22)23/h3-5,7,19H,2,6H2,1H3,(H,15,20)(H,16,17,21). The minimum Gasteiger partial charge on any atom is -0.506 e. The van der Waals surface area contributed by atoms with Crippen LogP contribution in [0.15, 0.2) is 24.4 Å². The number of carbonyl (C=O) groups excluding carboxylic acids is 2. The second-order valence-electron chi connectivity index (χ2n) is 4.67. The first-order chi connectivity index (χ1) is 11.4. The maximum atomic E-state index is 12.2. The Morgan fingerprint density at radius 1 is 1.33 bits per heavy atom. The van der Waals surface area contributed by atoms with Crippen molar-refractivity contribution >= 4 is 33.3 Å². The smallest absolute Gasteiger partial charge is 0.345 e. The van der Waals surface area contributed by atoms with Crippen molar-refractivity contribution in [2.24, 2.45) is 0 Å². The van der Waals surface area contributed by atoms with E-state index >= 15 is 0 Å². The van der Waals surface area contributed by atoms with Gasteiger partial charge in [0.05, 0.1) is 16.1 Å². The van der Waals surface area contributed by atoms with E-state index in [9.17, 15) is 24.8 Å². The van der Waals surface area contributed by atoms with Crippen LogP contribution in [-0.2, 0) is 0 Å². The number of hydrogen-bond acceptors (Lipinski definition) is 7. The van der Waals surface area contributed by atoms with Gasteiger partial charge in [0.1, 0.15) is 11.9 Å². The van der Waals surface area contributed by atoms with E-state index in [1.54, 1.807) is 0 Å². The topological polar surface area (TPSA) is 134 Å². The Kier molecular flexibility index (Phi) is 5.42. The molecule has 1 aromatic heterocycles. The molecule has 0 saturated heterocycles. The predicted molar refractivity (Wildman–Crippen MR) is 87.5 cm³/mol. The van der Waals surface area contributed by atoms with Crippen LogP contribution in [0.25, 0.3) is 0 Å². The molecule has 0 unspecified atom stereocenters. The molecule has 10 heteroatoms. The summed E-state index contributed by atoms with van der Waals surface area (Å²) in [6.07, 6.45) is 1.75. The van der Waals surface area contributed by atoms with Crippen molar-refractivity contribution < 1.29 is 19.6 Å². The zero-order chi connectivity index (χ0) is 17.7. The number of rotatable bonds is 6. The summed E-state index contributed by atoms with van der Waals surface area (Å²) >= 11 is 0.688. The van der Waals surface area contributed by atoms with Gasteiger partial charge in [0.25, 0.3) is 11.8 Å². The number of benzene rings is 1. The van der Waals surface area contributed by atoms with E-state index in [2.05, 4.69) is 15.6 Å². The van der Waals surface area contributed by atoms with Gasteiger partial charge in [-0.3, -0.25) is 25.0 Å². The fourth-order valence-electron chi connectivity index (χ4n) is 1.82. The number of aromatic hydroxyl groups is 1. The van der Waals surface area contributed by atoms with Crippen molar-refractivity contribution in [3.63, 3.8) is 0 Å². The lowest BCUT2D eigenvalue weighted by Crippen LogP contribution is -2.24. The zero-order valence-corrected chi connectivity index (χ0v) is 13.4. The minimum absolute atomic E-state index is 0.0203. The van der Waals surface area contributed by atoms with Gasteiger partial charge in [0.15, 0.2) is 5.13 Å². The summed E-state index contributed by atoms with van der Waals surface area (Å²) in [5, 5.41) is 25.5. The second-order valence-corrected chi connectivity index (χ2v) is 5.68. The van der Waals surface area contributed by atoms with Crippen LogP contribution in [0.2, 0.25) is 0 Å². The molecule has 24 heavy (non-hydrogen) atoms. The van der Waals surface area contributed by atoms with Gasteiger partial charge < -0.3 is 10.4 Å². The van der Waals surface area contributed by atoms with E-state index < -0.39 is 22.5 Å². The Balaban J connectivity index is 2.20. The molecule has 0 spiro atoms. The number of thiazole rings is 1. The van der Waals surface area contributed by atoms with E-state index in [0.717, 1.165) is 12.6 Å². The monoisotopic (exact) mass is 350 g/mol. The predicted octanol–water partition coefficient (Wildman–Crippen LogP) is 2.15. The summed E-state index contributed by atoms with van der Waals surface area (Å²) in [7, 11) is 0. The van der Waals surface area contributed by atoms with Crippen molar-refractivity contribution in [3.05, 3.63) is 45.6 Å². The molecule has 0 radical (unpaired) electrons. The average molecular weight is 350 g/mol. The first-order valence-electron chi connectivity index (χ1n) is 6.95. The maximum absolute atomic E-state index is 12.2. The number of para-hydroxylation sites is 1. The van der Waals surface area contributed by atoms with Crippen LogP contribution in [0.4, 0.5) is 10.1 Å². The summed E-state index contributed by atoms with van der Waals surface area (Å²) < 4.78 is 0. The van der Waals surface area contributed by atoms with Crippen molar-refractivity contribution in [3.8, 4) is 5.75 Å². The third-order valence-electron chi connectivity index (χ3n) is 2.95. The van der Waals surface area contributed by atoms with Crippen molar-refractivity contribution in [1.29, 1.82) is 0 Å². The zero-order valence-electron chi connectivity index (χ0n) is 12.6. The van der Waals surface area contributed by atoms with Crippen LogP contribution >= 0.6 is 11.3 Å². The molecular formula is C14H14N4O5S. The molecule has 1 aromatic carbocycles.